The molecule has 1 aromatic heterocycles. The van der Waals surface area contributed by atoms with Crippen molar-refractivity contribution in [3.8, 4) is 0 Å². The van der Waals surface area contributed by atoms with E-state index >= 15 is 0 Å². The van der Waals surface area contributed by atoms with E-state index in [1.54, 1.807) is 0 Å². The summed E-state index contributed by atoms with van der Waals surface area (Å²) in [6, 6.07) is 2.24. The van der Waals surface area contributed by atoms with E-state index in [2.05, 4.69) is 50.7 Å². The highest BCUT2D eigenvalue weighted by Gasteiger charge is 2.11. The summed E-state index contributed by atoms with van der Waals surface area (Å²) < 4.78 is 7.71. The first-order valence-corrected chi connectivity index (χ1v) is 6.49. The van der Waals surface area contributed by atoms with Crippen molar-refractivity contribution >= 4 is 0 Å². The molecule has 0 fully saturated rings. The van der Waals surface area contributed by atoms with Gasteiger partial charge in [0.25, 0.3) is 0 Å². The topological polar surface area (TPSA) is 40.2 Å². The Morgan fingerprint density at radius 1 is 1.29 bits per heavy atom. The highest BCUT2D eigenvalue weighted by molar-refractivity contribution is 5.15. The van der Waals surface area contributed by atoms with Crippen LogP contribution >= 0.6 is 0 Å². The van der Waals surface area contributed by atoms with Crippen molar-refractivity contribution in [2.75, 3.05) is 13.2 Å². The molecule has 0 aliphatic carbocycles. The van der Waals surface area contributed by atoms with E-state index in [1.807, 2.05) is 0 Å². The molecule has 3 heteroatoms. The average Bonchev–Trinajstić information content (AvgIpc) is 2.71. The van der Waals surface area contributed by atoms with E-state index < -0.39 is 0 Å². The Kier molecular flexibility index (Phi) is 5.72. The molecule has 1 heterocycles. The minimum absolute atomic E-state index is 0.132. The summed E-state index contributed by atoms with van der Waals surface area (Å²) >= 11 is 0. The van der Waals surface area contributed by atoms with Gasteiger partial charge in [0.05, 0.1) is 6.61 Å². The zero-order valence-corrected chi connectivity index (χ0v) is 11.5. The van der Waals surface area contributed by atoms with Gasteiger partial charge >= 0.3 is 0 Å². The summed E-state index contributed by atoms with van der Waals surface area (Å²) in [6.45, 7) is 11.1. The maximum absolute atomic E-state index is 6.10. The molecule has 0 saturated heterocycles. The van der Waals surface area contributed by atoms with Gasteiger partial charge in [0.15, 0.2) is 0 Å². The van der Waals surface area contributed by atoms with Crippen molar-refractivity contribution < 1.29 is 4.74 Å². The predicted molar refractivity (Wildman–Crippen MR) is 71.9 cm³/mol. The van der Waals surface area contributed by atoms with E-state index in [0.717, 1.165) is 19.8 Å². The van der Waals surface area contributed by atoms with Crippen molar-refractivity contribution in [2.24, 2.45) is 17.6 Å². The van der Waals surface area contributed by atoms with Crippen LogP contribution in [0.5, 0.6) is 0 Å². The first-order chi connectivity index (χ1) is 8.00. The van der Waals surface area contributed by atoms with Gasteiger partial charge in [0.1, 0.15) is 0 Å². The van der Waals surface area contributed by atoms with Crippen molar-refractivity contribution in [3.63, 3.8) is 0 Å². The number of aromatic nitrogens is 1. The highest BCUT2D eigenvalue weighted by atomic mass is 16.5. The molecule has 0 aliphatic rings. The SMILES string of the molecule is CC(C)COCCn1ccc(C(N)C(C)C)c1. The zero-order valence-electron chi connectivity index (χ0n) is 11.5. The Labute approximate surface area is 105 Å². The minimum atomic E-state index is 0.132. The summed E-state index contributed by atoms with van der Waals surface area (Å²) in [7, 11) is 0. The molecule has 0 aromatic carbocycles. The molecule has 2 N–H and O–H groups in total. The third kappa shape index (κ3) is 4.92. The zero-order chi connectivity index (χ0) is 12.8. The van der Waals surface area contributed by atoms with Gasteiger partial charge in [0.2, 0.25) is 0 Å². The third-order valence-corrected chi connectivity index (χ3v) is 2.82. The molecule has 0 spiro atoms. The van der Waals surface area contributed by atoms with Gasteiger partial charge in [-0.1, -0.05) is 27.7 Å². The van der Waals surface area contributed by atoms with Crippen LogP contribution in [0.15, 0.2) is 18.5 Å². The quantitative estimate of drug-likeness (QED) is 0.742. The van der Waals surface area contributed by atoms with Crippen LogP contribution in [-0.2, 0) is 11.3 Å². The van der Waals surface area contributed by atoms with Crippen LogP contribution in [0.2, 0.25) is 0 Å². The van der Waals surface area contributed by atoms with Crippen LogP contribution in [0.25, 0.3) is 0 Å². The summed E-state index contributed by atoms with van der Waals surface area (Å²) in [5, 5.41) is 0. The average molecular weight is 238 g/mol. The smallest absolute Gasteiger partial charge is 0.0645 e. The Morgan fingerprint density at radius 2 is 2.00 bits per heavy atom. The maximum atomic E-state index is 6.10. The molecule has 0 radical (unpaired) electrons. The van der Waals surface area contributed by atoms with Crippen LogP contribution in [0, 0.1) is 11.8 Å². The molecule has 0 saturated carbocycles. The molecule has 1 rings (SSSR count). The van der Waals surface area contributed by atoms with Crippen molar-refractivity contribution in [3.05, 3.63) is 24.0 Å². The van der Waals surface area contributed by atoms with Crippen LogP contribution in [-0.4, -0.2) is 17.8 Å². The molecular formula is C14H26N2O. The van der Waals surface area contributed by atoms with Gasteiger partial charge in [-0.25, -0.2) is 0 Å². The molecule has 3 nitrogen and oxygen atoms in total. The second kappa shape index (κ2) is 6.82. The lowest BCUT2D eigenvalue weighted by Crippen LogP contribution is -2.16. The number of nitrogens with zero attached hydrogens (tertiary/aromatic N) is 1. The molecular weight excluding hydrogens is 212 g/mol. The number of nitrogens with two attached hydrogens (primary N) is 1. The number of rotatable bonds is 7. The predicted octanol–water partition coefficient (Wildman–Crippen LogP) is 2.82. The second-order valence-corrected chi connectivity index (χ2v) is 5.42. The van der Waals surface area contributed by atoms with E-state index in [4.69, 9.17) is 10.5 Å². The van der Waals surface area contributed by atoms with Crippen molar-refractivity contribution in [2.45, 2.75) is 40.3 Å². The monoisotopic (exact) mass is 238 g/mol. The molecule has 17 heavy (non-hydrogen) atoms. The second-order valence-electron chi connectivity index (χ2n) is 5.42. The van der Waals surface area contributed by atoms with E-state index in [1.165, 1.54) is 5.56 Å². The number of hydrogen-bond donors (Lipinski definition) is 1. The summed E-state index contributed by atoms with van der Waals surface area (Å²) in [6.07, 6.45) is 4.21. The molecule has 1 aromatic rings. The van der Waals surface area contributed by atoms with Gasteiger partial charge in [-0.15, -0.1) is 0 Å². The summed E-state index contributed by atoms with van der Waals surface area (Å²) in [5.41, 5.74) is 7.31. The van der Waals surface area contributed by atoms with Crippen molar-refractivity contribution in [1.82, 2.24) is 4.57 Å². The minimum Gasteiger partial charge on any atom is -0.379 e. The lowest BCUT2D eigenvalue weighted by Gasteiger charge is -2.13. The molecule has 0 bridgehead atoms. The first-order valence-electron chi connectivity index (χ1n) is 6.49. The normalized spacial score (nSPS) is 13.6. The fourth-order valence-corrected chi connectivity index (χ4v) is 1.67. The van der Waals surface area contributed by atoms with Crippen LogP contribution in [0.1, 0.15) is 39.3 Å². The highest BCUT2D eigenvalue weighted by Crippen LogP contribution is 2.18. The lowest BCUT2D eigenvalue weighted by atomic mass is 10.00. The standard InChI is InChI=1S/C14H26N2O/c1-11(2)10-17-8-7-16-6-5-13(9-16)14(15)12(3)4/h5-6,9,11-12,14H,7-8,10,15H2,1-4H3. The lowest BCUT2D eigenvalue weighted by molar-refractivity contribution is 0.103. The van der Waals surface area contributed by atoms with Gasteiger partial charge in [-0.2, -0.15) is 0 Å². The molecule has 1 unspecified atom stereocenters. The largest absolute Gasteiger partial charge is 0.379 e. The van der Waals surface area contributed by atoms with Crippen LogP contribution in [0.3, 0.4) is 0 Å². The fourth-order valence-electron chi connectivity index (χ4n) is 1.67. The Balaban J connectivity index is 2.36. The van der Waals surface area contributed by atoms with Gasteiger partial charge in [0, 0.05) is 31.6 Å². The Bertz CT molecular complexity index is 318. The first kappa shape index (κ1) is 14.3. The third-order valence-electron chi connectivity index (χ3n) is 2.82. The van der Waals surface area contributed by atoms with E-state index in [9.17, 15) is 0 Å². The number of ether oxygens (including phenoxy) is 1. The molecule has 0 aliphatic heterocycles. The summed E-state index contributed by atoms with van der Waals surface area (Å²) in [4.78, 5) is 0. The van der Waals surface area contributed by atoms with E-state index in [-0.39, 0.29) is 6.04 Å². The fraction of sp³-hybridized carbons (Fsp3) is 0.714. The maximum Gasteiger partial charge on any atom is 0.0645 e. The molecule has 1 atom stereocenters. The van der Waals surface area contributed by atoms with Crippen LogP contribution < -0.4 is 5.73 Å². The van der Waals surface area contributed by atoms with Gasteiger partial charge < -0.3 is 15.0 Å². The number of hydrogen-bond acceptors (Lipinski definition) is 2. The Hall–Kier alpha value is -0.800. The van der Waals surface area contributed by atoms with Crippen LogP contribution in [0.4, 0.5) is 0 Å². The summed E-state index contributed by atoms with van der Waals surface area (Å²) in [5.74, 6) is 1.08. The molecule has 98 valence electrons. The van der Waals surface area contributed by atoms with Gasteiger partial charge in [-0.3, -0.25) is 0 Å². The Morgan fingerprint density at radius 3 is 2.59 bits per heavy atom. The van der Waals surface area contributed by atoms with Crippen molar-refractivity contribution in [1.29, 1.82) is 0 Å². The molecule has 0 amide bonds. The van der Waals surface area contributed by atoms with Gasteiger partial charge in [-0.05, 0) is 23.5 Å². The van der Waals surface area contributed by atoms with E-state index in [0.29, 0.717) is 11.8 Å².